The number of anilines is 2. The monoisotopic (exact) mass is 464 g/mol. The van der Waals surface area contributed by atoms with Crippen LogP contribution in [0.3, 0.4) is 0 Å². The van der Waals surface area contributed by atoms with E-state index >= 15 is 0 Å². The number of thiophene rings is 1. The average molecular weight is 465 g/mol. The molecule has 1 unspecified atom stereocenters. The number of halogens is 1. The van der Waals surface area contributed by atoms with E-state index in [9.17, 15) is 14.4 Å². The minimum atomic E-state index is -0.621. The number of fused-ring (bicyclic) bond motifs is 1. The maximum atomic E-state index is 12.8. The SMILES string of the molecule is COc1ccc(Cl)cc1NC(=O)CN(C)C(C)C(=O)Nc1sc2c(c1C(N)=O)CCC2. The molecule has 4 N–H and O–H groups in total. The Morgan fingerprint density at radius 2 is 2.03 bits per heavy atom. The Bertz CT molecular complexity index is 1020. The number of hydrogen-bond acceptors (Lipinski definition) is 6. The van der Waals surface area contributed by atoms with Crippen LogP contribution < -0.4 is 21.1 Å². The molecule has 1 aromatic heterocycles. The van der Waals surface area contributed by atoms with Crippen molar-refractivity contribution in [2.24, 2.45) is 5.73 Å². The summed E-state index contributed by atoms with van der Waals surface area (Å²) >= 11 is 7.39. The highest BCUT2D eigenvalue weighted by atomic mass is 35.5. The lowest BCUT2D eigenvalue weighted by molar-refractivity contribution is -0.122. The lowest BCUT2D eigenvalue weighted by Crippen LogP contribution is -2.43. The highest BCUT2D eigenvalue weighted by Crippen LogP contribution is 2.39. The Kier molecular flexibility index (Phi) is 7.19. The first-order chi connectivity index (χ1) is 14.7. The summed E-state index contributed by atoms with van der Waals surface area (Å²) in [6.07, 6.45) is 2.67. The van der Waals surface area contributed by atoms with Crippen LogP contribution in [0.5, 0.6) is 5.75 Å². The fraction of sp³-hybridized carbons (Fsp3) is 0.381. The van der Waals surface area contributed by atoms with E-state index in [0.29, 0.717) is 27.0 Å². The largest absolute Gasteiger partial charge is 0.495 e. The summed E-state index contributed by atoms with van der Waals surface area (Å²) in [5.41, 5.74) is 7.36. The molecule has 0 aliphatic heterocycles. The number of nitrogens with zero attached hydrogens (tertiary/aromatic N) is 1. The van der Waals surface area contributed by atoms with Crippen LogP contribution in [0, 0.1) is 0 Å². The van der Waals surface area contributed by atoms with Crippen LogP contribution in [0.1, 0.15) is 34.1 Å². The van der Waals surface area contributed by atoms with Gasteiger partial charge in [0.15, 0.2) is 0 Å². The van der Waals surface area contributed by atoms with Crippen molar-refractivity contribution in [3.8, 4) is 5.75 Å². The molecule has 1 aliphatic carbocycles. The van der Waals surface area contributed by atoms with E-state index in [1.54, 1.807) is 37.1 Å². The number of nitrogens with one attached hydrogen (secondary N) is 2. The highest BCUT2D eigenvalue weighted by Gasteiger charge is 2.28. The van der Waals surface area contributed by atoms with Gasteiger partial charge >= 0.3 is 0 Å². The topological polar surface area (TPSA) is 114 Å². The van der Waals surface area contributed by atoms with Crippen molar-refractivity contribution >= 4 is 51.3 Å². The van der Waals surface area contributed by atoms with Crippen LogP contribution in [0.15, 0.2) is 18.2 Å². The Morgan fingerprint density at radius 1 is 1.29 bits per heavy atom. The highest BCUT2D eigenvalue weighted by molar-refractivity contribution is 7.17. The van der Waals surface area contributed by atoms with Crippen molar-refractivity contribution in [1.82, 2.24) is 4.90 Å². The third kappa shape index (κ3) is 5.17. The molecule has 0 fully saturated rings. The molecule has 1 aliphatic rings. The average Bonchev–Trinajstić information content (AvgIpc) is 3.27. The van der Waals surface area contributed by atoms with Crippen LogP contribution in [-0.2, 0) is 22.4 Å². The van der Waals surface area contributed by atoms with Crippen molar-refractivity contribution in [3.63, 3.8) is 0 Å². The molecule has 0 radical (unpaired) electrons. The molecule has 0 saturated carbocycles. The molecule has 166 valence electrons. The number of hydrogen-bond donors (Lipinski definition) is 3. The molecule has 0 spiro atoms. The van der Waals surface area contributed by atoms with Crippen molar-refractivity contribution in [2.75, 3.05) is 31.3 Å². The summed E-state index contributed by atoms with van der Waals surface area (Å²) in [5.74, 6) is -0.699. The van der Waals surface area contributed by atoms with E-state index in [0.717, 1.165) is 29.7 Å². The van der Waals surface area contributed by atoms with Gasteiger partial charge in [-0.15, -0.1) is 11.3 Å². The van der Waals surface area contributed by atoms with Gasteiger partial charge in [0, 0.05) is 9.90 Å². The van der Waals surface area contributed by atoms with Gasteiger partial charge in [-0.2, -0.15) is 0 Å². The lowest BCUT2D eigenvalue weighted by Gasteiger charge is -2.23. The number of ether oxygens (including phenoxy) is 1. The number of rotatable bonds is 8. The van der Waals surface area contributed by atoms with E-state index in [1.807, 2.05) is 0 Å². The molecule has 1 heterocycles. The van der Waals surface area contributed by atoms with E-state index < -0.39 is 11.9 Å². The second-order valence-electron chi connectivity index (χ2n) is 7.40. The third-order valence-corrected chi connectivity index (χ3v) is 6.72. The quantitative estimate of drug-likeness (QED) is 0.555. The predicted octanol–water partition coefficient (Wildman–Crippen LogP) is 2.90. The maximum Gasteiger partial charge on any atom is 0.251 e. The Morgan fingerprint density at radius 3 is 2.71 bits per heavy atom. The number of primary amides is 1. The third-order valence-electron chi connectivity index (χ3n) is 5.27. The molecule has 1 aromatic carbocycles. The first-order valence-electron chi connectivity index (χ1n) is 9.80. The van der Waals surface area contributed by atoms with Crippen molar-refractivity contribution in [3.05, 3.63) is 39.2 Å². The molecule has 3 amide bonds. The number of amides is 3. The van der Waals surface area contributed by atoms with Crippen molar-refractivity contribution in [2.45, 2.75) is 32.2 Å². The standard InChI is InChI=1S/C21H25ClN4O4S/c1-11(20(29)25-21-18(19(23)28)13-5-4-6-16(13)31-21)26(2)10-17(27)24-14-9-12(22)7-8-15(14)30-3/h7-9,11H,4-6,10H2,1-3H3,(H2,23,28)(H,24,27)(H,25,29). The van der Waals surface area contributed by atoms with Gasteiger partial charge in [0.05, 0.1) is 30.9 Å². The van der Waals surface area contributed by atoms with Gasteiger partial charge in [0.25, 0.3) is 5.91 Å². The molecule has 0 saturated heterocycles. The Labute approximate surface area is 189 Å². The molecule has 10 heteroatoms. The summed E-state index contributed by atoms with van der Waals surface area (Å²) in [6, 6.07) is 4.29. The van der Waals surface area contributed by atoms with Crippen molar-refractivity contribution < 1.29 is 19.1 Å². The van der Waals surface area contributed by atoms with Crippen LogP contribution in [0.4, 0.5) is 10.7 Å². The fourth-order valence-electron chi connectivity index (χ4n) is 3.50. The number of aryl methyl sites for hydroxylation is 1. The minimum Gasteiger partial charge on any atom is -0.495 e. The van der Waals surface area contributed by atoms with Crippen LogP contribution in [0.2, 0.25) is 5.02 Å². The van der Waals surface area contributed by atoms with Crippen LogP contribution in [-0.4, -0.2) is 49.4 Å². The molecule has 2 aromatic rings. The van der Waals surface area contributed by atoms with Crippen LogP contribution >= 0.6 is 22.9 Å². The van der Waals surface area contributed by atoms with E-state index in [1.165, 1.54) is 18.4 Å². The van der Waals surface area contributed by atoms with Crippen LogP contribution in [0.25, 0.3) is 0 Å². The van der Waals surface area contributed by atoms with Gasteiger partial charge in [0.2, 0.25) is 11.8 Å². The Balaban J connectivity index is 1.63. The van der Waals surface area contributed by atoms with E-state index in [4.69, 9.17) is 22.1 Å². The van der Waals surface area contributed by atoms with Gasteiger partial charge < -0.3 is 21.1 Å². The zero-order chi connectivity index (χ0) is 22.7. The number of carbonyl (C=O) groups is 3. The van der Waals surface area contributed by atoms with Crippen molar-refractivity contribution in [1.29, 1.82) is 0 Å². The molecule has 0 bridgehead atoms. The van der Waals surface area contributed by atoms with Gasteiger partial charge in [0.1, 0.15) is 10.8 Å². The summed E-state index contributed by atoms with van der Waals surface area (Å²) < 4.78 is 5.23. The second-order valence-corrected chi connectivity index (χ2v) is 8.94. The molecule has 1 atom stereocenters. The van der Waals surface area contributed by atoms with Gasteiger partial charge in [-0.3, -0.25) is 19.3 Å². The molecule has 8 nitrogen and oxygen atoms in total. The van der Waals surface area contributed by atoms with E-state index in [2.05, 4.69) is 10.6 Å². The normalized spacial score (nSPS) is 13.6. The zero-order valence-electron chi connectivity index (χ0n) is 17.6. The number of benzene rings is 1. The molecular weight excluding hydrogens is 440 g/mol. The van der Waals surface area contributed by atoms with Gasteiger partial charge in [-0.25, -0.2) is 0 Å². The zero-order valence-corrected chi connectivity index (χ0v) is 19.2. The van der Waals surface area contributed by atoms with Gasteiger partial charge in [-0.05, 0) is 57.0 Å². The Hall–Kier alpha value is -2.62. The smallest absolute Gasteiger partial charge is 0.251 e. The summed E-state index contributed by atoms with van der Waals surface area (Å²) in [5, 5.41) is 6.51. The second kappa shape index (κ2) is 9.67. The predicted molar refractivity (Wildman–Crippen MR) is 122 cm³/mol. The maximum absolute atomic E-state index is 12.8. The van der Waals surface area contributed by atoms with E-state index in [-0.39, 0.29) is 18.4 Å². The first kappa shape index (κ1) is 23.1. The number of likely N-dealkylation sites (N-methyl/N-ethyl adjacent to an activating group) is 1. The lowest BCUT2D eigenvalue weighted by atomic mass is 10.1. The fourth-order valence-corrected chi connectivity index (χ4v) is 4.97. The number of carbonyl (C=O) groups excluding carboxylic acids is 3. The summed E-state index contributed by atoms with van der Waals surface area (Å²) in [4.78, 5) is 39.9. The molecular formula is C21H25ClN4O4S. The number of methoxy groups -OCH3 is 1. The van der Waals surface area contributed by atoms with Gasteiger partial charge in [-0.1, -0.05) is 11.6 Å². The molecule has 31 heavy (non-hydrogen) atoms. The summed E-state index contributed by atoms with van der Waals surface area (Å²) in [6.45, 7) is 1.65. The first-order valence-corrected chi connectivity index (χ1v) is 11.0. The molecule has 3 rings (SSSR count). The summed E-state index contributed by atoms with van der Waals surface area (Å²) in [7, 11) is 3.17. The minimum absolute atomic E-state index is 0.0339. The number of nitrogens with two attached hydrogens (primary N) is 1.